The number of H-pyrrole nitrogens is 1. The fourth-order valence-electron chi connectivity index (χ4n) is 3.16. The summed E-state index contributed by atoms with van der Waals surface area (Å²) in [5, 5.41) is 10.5. The molecule has 1 aromatic heterocycles. The molecule has 0 saturated heterocycles. The van der Waals surface area contributed by atoms with E-state index in [1.807, 2.05) is 31.3 Å². The van der Waals surface area contributed by atoms with Crippen molar-refractivity contribution in [1.29, 1.82) is 0 Å². The number of carboxylic acids is 1. The molecule has 2 aromatic carbocycles. The number of benzene rings is 2. The van der Waals surface area contributed by atoms with Gasteiger partial charge in [-0.3, -0.25) is 4.79 Å². The number of aliphatic carboxylic acids is 1. The van der Waals surface area contributed by atoms with Gasteiger partial charge in [-0.2, -0.15) is 0 Å². The second-order valence-corrected chi connectivity index (χ2v) is 7.42. The molecule has 0 aliphatic heterocycles. The Morgan fingerprint density at radius 3 is 2.69 bits per heavy atom. The SMILES string of the molecule is Cc1cc(CC(=O)O)cc(Cl)c1Oc1ccc2[nH]cc(CC(C)C)c2c1. The van der Waals surface area contributed by atoms with Gasteiger partial charge in [-0.25, -0.2) is 0 Å². The number of carbonyl (C=O) groups is 1. The van der Waals surface area contributed by atoms with Crippen LogP contribution in [0.4, 0.5) is 0 Å². The number of rotatable bonds is 6. The molecule has 136 valence electrons. The van der Waals surface area contributed by atoms with Crippen molar-refractivity contribution in [1.82, 2.24) is 4.98 Å². The van der Waals surface area contributed by atoms with E-state index < -0.39 is 5.97 Å². The maximum Gasteiger partial charge on any atom is 0.307 e. The monoisotopic (exact) mass is 371 g/mol. The molecular formula is C21H22ClNO3. The first-order valence-corrected chi connectivity index (χ1v) is 9.00. The summed E-state index contributed by atoms with van der Waals surface area (Å²) in [6, 6.07) is 9.37. The van der Waals surface area contributed by atoms with Crippen LogP contribution in [0.5, 0.6) is 11.5 Å². The second kappa shape index (κ2) is 7.42. The van der Waals surface area contributed by atoms with Crippen LogP contribution in [0.25, 0.3) is 10.9 Å². The van der Waals surface area contributed by atoms with Crippen LogP contribution in [0.1, 0.15) is 30.5 Å². The highest BCUT2D eigenvalue weighted by atomic mass is 35.5. The smallest absolute Gasteiger partial charge is 0.307 e. The van der Waals surface area contributed by atoms with Gasteiger partial charge in [0.1, 0.15) is 11.5 Å². The molecule has 2 N–H and O–H groups in total. The number of nitrogens with one attached hydrogen (secondary N) is 1. The molecule has 0 saturated carbocycles. The average Bonchev–Trinajstić information content (AvgIpc) is 2.92. The predicted octanol–water partition coefficient (Wildman–Crippen LogP) is 5.75. The van der Waals surface area contributed by atoms with Gasteiger partial charge in [0, 0.05) is 17.1 Å². The molecule has 1 heterocycles. The normalized spacial score (nSPS) is 11.3. The van der Waals surface area contributed by atoms with E-state index in [1.165, 1.54) is 5.56 Å². The summed E-state index contributed by atoms with van der Waals surface area (Å²) in [6.07, 6.45) is 2.98. The van der Waals surface area contributed by atoms with E-state index in [9.17, 15) is 4.79 Å². The number of aromatic nitrogens is 1. The Balaban J connectivity index is 1.92. The van der Waals surface area contributed by atoms with Crippen molar-refractivity contribution in [2.45, 2.75) is 33.6 Å². The Morgan fingerprint density at radius 2 is 2.04 bits per heavy atom. The van der Waals surface area contributed by atoms with Crippen LogP contribution in [-0.4, -0.2) is 16.1 Å². The lowest BCUT2D eigenvalue weighted by Gasteiger charge is -2.13. The zero-order valence-electron chi connectivity index (χ0n) is 15.1. The zero-order chi connectivity index (χ0) is 18.8. The molecule has 3 rings (SSSR count). The minimum atomic E-state index is -0.885. The molecule has 0 bridgehead atoms. The van der Waals surface area contributed by atoms with Crippen LogP contribution in [-0.2, 0) is 17.6 Å². The minimum absolute atomic E-state index is 0.0608. The highest BCUT2D eigenvalue weighted by Gasteiger charge is 2.13. The summed E-state index contributed by atoms with van der Waals surface area (Å²) >= 11 is 6.34. The van der Waals surface area contributed by atoms with E-state index in [0.29, 0.717) is 28.0 Å². The Morgan fingerprint density at radius 1 is 1.27 bits per heavy atom. The van der Waals surface area contributed by atoms with Crippen LogP contribution < -0.4 is 4.74 Å². The molecule has 5 heteroatoms. The maximum absolute atomic E-state index is 10.9. The van der Waals surface area contributed by atoms with Crippen LogP contribution in [0.2, 0.25) is 5.02 Å². The first-order valence-electron chi connectivity index (χ1n) is 8.62. The number of carboxylic acid groups (broad SMARTS) is 1. The molecule has 4 nitrogen and oxygen atoms in total. The van der Waals surface area contributed by atoms with E-state index in [4.69, 9.17) is 21.4 Å². The highest BCUT2D eigenvalue weighted by Crippen LogP contribution is 2.35. The van der Waals surface area contributed by atoms with E-state index in [0.717, 1.165) is 22.9 Å². The van der Waals surface area contributed by atoms with Crippen molar-refractivity contribution in [2.24, 2.45) is 5.92 Å². The molecule has 26 heavy (non-hydrogen) atoms. The molecule has 0 aliphatic rings. The van der Waals surface area contributed by atoms with E-state index in [2.05, 4.69) is 18.8 Å². The topological polar surface area (TPSA) is 62.3 Å². The summed E-state index contributed by atoms with van der Waals surface area (Å²) in [6.45, 7) is 6.26. The standard InChI is InChI=1S/C21H22ClNO3/c1-12(2)6-15-11-23-19-5-4-16(10-17(15)19)26-21-13(3)7-14(8-18(21)22)9-20(24)25/h4-5,7-8,10-12,23H,6,9H2,1-3H3,(H,24,25). The molecule has 3 aromatic rings. The minimum Gasteiger partial charge on any atom is -0.481 e. The van der Waals surface area contributed by atoms with Crippen molar-refractivity contribution < 1.29 is 14.6 Å². The van der Waals surface area contributed by atoms with E-state index >= 15 is 0 Å². The Hall–Kier alpha value is -2.46. The molecule has 0 fully saturated rings. The van der Waals surface area contributed by atoms with Gasteiger partial charge in [-0.15, -0.1) is 0 Å². The Kier molecular flexibility index (Phi) is 5.23. The van der Waals surface area contributed by atoms with Crippen molar-refractivity contribution in [3.8, 4) is 11.5 Å². The van der Waals surface area contributed by atoms with Gasteiger partial charge in [0.05, 0.1) is 11.4 Å². The summed E-state index contributed by atoms with van der Waals surface area (Å²) in [7, 11) is 0. The lowest BCUT2D eigenvalue weighted by Crippen LogP contribution is -2.01. The third-order valence-corrected chi connectivity index (χ3v) is 4.51. The fourth-order valence-corrected chi connectivity index (χ4v) is 3.48. The number of aromatic amines is 1. The maximum atomic E-state index is 10.9. The number of aryl methyl sites for hydroxylation is 1. The zero-order valence-corrected chi connectivity index (χ0v) is 15.9. The molecule has 0 spiro atoms. The van der Waals surface area contributed by atoms with Gasteiger partial charge < -0.3 is 14.8 Å². The molecule has 0 amide bonds. The van der Waals surface area contributed by atoms with Gasteiger partial charge in [-0.05, 0) is 60.2 Å². The number of halogens is 1. The summed E-state index contributed by atoms with van der Waals surface area (Å²) in [5.41, 5.74) is 3.81. The quantitative estimate of drug-likeness (QED) is 0.580. The average molecular weight is 372 g/mol. The summed E-state index contributed by atoms with van der Waals surface area (Å²) in [5.74, 6) is 0.945. The van der Waals surface area contributed by atoms with Gasteiger partial charge >= 0.3 is 5.97 Å². The summed E-state index contributed by atoms with van der Waals surface area (Å²) < 4.78 is 6.04. The number of fused-ring (bicyclic) bond motifs is 1. The van der Waals surface area contributed by atoms with Crippen molar-refractivity contribution in [3.05, 3.63) is 58.2 Å². The lowest BCUT2D eigenvalue weighted by molar-refractivity contribution is -0.136. The molecule has 0 unspecified atom stereocenters. The predicted molar refractivity (Wildman–Crippen MR) is 104 cm³/mol. The third-order valence-electron chi connectivity index (χ3n) is 4.23. The van der Waals surface area contributed by atoms with Crippen molar-refractivity contribution in [3.63, 3.8) is 0 Å². The van der Waals surface area contributed by atoms with E-state index in [1.54, 1.807) is 12.1 Å². The van der Waals surface area contributed by atoms with Crippen LogP contribution in [0, 0.1) is 12.8 Å². The third kappa shape index (κ3) is 4.02. The number of hydrogen-bond acceptors (Lipinski definition) is 2. The second-order valence-electron chi connectivity index (χ2n) is 7.02. The number of hydrogen-bond donors (Lipinski definition) is 2. The number of ether oxygens (including phenoxy) is 1. The lowest BCUT2D eigenvalue weighted by atomic mass is 10.0. The molecular weight excluding hydrogens is 350 g/mol. The van der Waals surface area contributed by atoms with Crippen LogP contribution in [0.3, 0.4) is 0 Å². The van der Waals surface area contributed by atoms with Crippen molar-refractivity contribution >= 4 is 28.5 Å². The van der Waals surface area contributed by atoms with Crippen LogP contribution >= 0.6 is 11.6 Å². The summed E-state index contributed by atoms with van der Waals surface area (Å²) in [4.78, 5) is 14.2. The van der Waals surface area contributed by atoms with Gasteiger partial charge in [0.15, 0.2) is 0 Å². The largest absolute Gasteiger partial charge is 0.481 e. The molecule has 0 aliphatic carbocycles. The Bertz CT molecular complexity index is 936. The van der Waals surface area contributed by atoms with Gasteiger partial charge in [0.25, 0.3) is 0 Å². The van der Waals surface area contributed by atoms with Crippen molar-refractivity contribution in [2.75, 3.05) is 0 Å². The first kappa shape index (κ1) is 18.3. The highest BCUT2D eigenvalue weighted by molar-refractivity contribution is 6.32. The molecule has 0 atom stereocenters. The molecule has 0 radical (unpaired) electrons. The fraction of sp³-hybridized carbons (Fsp3) is 0.286. The van der Waals surface area contributed by atoms with Gasteiger partial charge in [0.2, 0.25) is 0 Å². The Labute approximate surface area is 157 Å². The van der Waals surface area contributed by atoms with E-state index in [-0.39, 0.29) is 6.42 Å². The van der Waals surface area contributed by atoms with Crippen LogP contribution in [0.15, 0.2) is 36.5 Å². The van der Waals surface area contributed by atoms with Gasteiger partial charge in [-0.1, -0.05) is 31.5 Å². The first-order chi connectivity index (χ1) is 12.3.